The molecule has 0 radical (unpaired) electrons. The summed E-state index contributed by atoms with van der Waals surface area (Å²) in [5, 5.41) is 27.8. The van der Waals surface area contributed by atoms with E-state index in [9.17, 15) is 10.2 Å². The molecule has 4 atom stereocenters. The summed E-state index contributed by atoms with van der Waals surface area (Å²) >= 11 is 0. The Labute approximate surface area is 83.3 Å². The molecule has 0 aromatic rings. The van der Waals surface area contributed by atoms with E-state index in [0.717, 1.165) is 0 Å². The van der Waals surface area contributed by atoms with Crippen LogP contribution in [0.3, 0.4) is 0 Å². The first kappa shape index (κ1) is 11.9. The highest BCUT2D eigenvalue weighted by molar-refractivity contribution is 4.81. The van der Waals surface area contributed by atoms with Gasteiger partial charge in [0.25, 0.3) is 0 Å². The Hall–Kier alpha value is -0.200. The molecule has 0 aliphatic carbocycles. The van der Waals surface area contributed by atoms with Crippen molar-refractivity contribution in [2.45, 2.75) is 51.0 Å². The van der Waals surface area contributed by atoms with Crippen LogP contribution in [0.25, 0.3) is 0 Å². The van der Waals surface area contributed by atoms with E-state index in [0.29, 0.717) is 0 Å². The first-order valence-corrected chi connectivity index (χ1v) is 4.82. The molecular formula is C9H18O5. The van der Waals surface area contributed by atoms with Crippen LogP contribution in [0, 0.1) is 0 Å². The van der Waals surface area contributed by atoms with Gasteiger partial charge < -0.3 is 24.8 Å². The standard InChI is InChI=1S/C9H18O5/c1-5(2)13-9-8(12)7(11)3-6(4-10)14-9/h5-12H,3-4H2,1-2H3. The van der Waals surface area contributed by atoms with Crippen LogP contribution in [-0.4, -0.2) is 52.6 Å². The minimum absolute atomic E-state index is 0.0979. The molecule has 0 aromatic heterocycles. The van der Waals surface area contributed by atoms with Crippen molar-refractivity contribution < 1.29 is 24.8 Å². The molecule has 1 saturated heterocycles. The average Bonchev–Trinajstić information content (AvgIpc) is 2.11. The Bertz CT molecular complexity index is 173. The van der Waals surface area contributed by atoms with Gasteiger partial charge in [-0.05, 0) is 13.8 Å². The number of hydrogen-bond acceptors (Lipinski definition) is 5. The van der Waals surface area contributed by atoms with Crippen molar-refractivity contribution >= 4 is 0 Å². The van der Waals surface area contributed by atoms with Gasteiger partial charge in [-0.3, -0.25) is 0 Å². The Kier molecular flexibility index (Phi) is 4.28. The van der Waals surface area contributed by atoms with E-state index in [1.165, 1.54) is 0 Å². The first-order chi connectivity index (χ1) is 6.54. The minimum Gasteiger partial charge on any atom is -0.394 e. The van der Waals surface area contributed by atoms with Crippen LogP contribution >= 0.6 is 0 Å². The lowest BCUT2D eigenvalue weighted by molar-refractivity contribution is -0.280. The van der Waals surface area contributed by atoms with Gasteiger partial charge >= 0.3 is 0 Å². The second kappa shape index (κ2) is 5.04. The minimum atomic E-state index is -1.04. The molecule has 14 heavy (non-hydrogen) atoms. The van der Waals surface area contributed by atoms with Crippen molar-refractivity contribution in [3.05, 3.63) is 0 Å². The summed E-state index contributed by atoms with van der Waals surface area (Å²) in [6.07, 6.45) is -3.12. The molecule has 1 heterocycles. The van der Waals surface area contributed by atoms with Crippen LogP contribution in [0.5, 0.6) is 0 Å². The summed E-state index contributed by atoms with van der Waals surface area (Å²) in [4.78, 5) is 0. The van der Waals surface area contributed by atoms with E-state index in [2.05, 4.69) is 0 Å². The Morgan fingerprint density at radius 2 is 2.07 bits per heavy atom. The quantitative estimate of drug-likeness (QED) is 0.565. The summed E-state index contributed by atoms with van der Waals surface area (Å²) in [6.45, 7) is 3.44. The van der Waals surface area contributed by atoms with Crippen LogP contribution in [0.15, 0.2) is 0 Å². The van der Waals surface area contributed by atoms with Gasteiger partial charge in [0.05, 0.1) is 24.9 Å². The highest BCUT2D eigenvalue weighted by atomic mass is 16.7. The van der Waals surface area contributed by atoms with E-state index in [1.54, 1.807) is 0 Å². The largest absolute Gasteiger partial charge is 0.394 e. The van der Waals surface area contributed by atoms with Crippen molar-refractivity contribution in [1.29, 1.82) is 0 Å². The predicted molar refractivity (Wildman–Crippen MR) is 48.6 cm³/mol. The van der Waals surface area contributed by atoms with Crippen molar-refractivity contribution in [2.75, 3.05) is 6.61 Å². The fraction of sp³-hybridized carbons (Fsp3) is 1.00. The zero-order chi connectivity index (χ0) is 10.7. The van der Waals surface area contributed by atoms with Crippen molar-refractivity contribution in [3.8, 4) is 0 Å². The predicted octanol–water partition coefficient (Wildman–Crippen LogP) is -0.760. The summed E-state index contributed by atoms with van der Waals surface area (Å²) in [6, 6.07) is 0. The molecule has 84 valence electrons. The highest BCUT2D eigenvalue weighted by Gasteiger charge is 2.37. The van der Waals surface area contributed by atoms with Crippen LogP contribution in [0.2, 0.25) is 0 Å². The first-order valence-electron chi connectivity index (χ1n) is 4.82. The normalized spacial score (nSPS) is 39.0. The lowest BCUT2D eigenvalue weighted by Gasteiger charge is -2.36. The summed E-state index contributed by atoms with van der Waals surface area (Å²) < 4.78 is 10.5. The number of aliphatic hydroxyl groups excluding tert-OH is 3. The van der Waals surface area contributed by atoms with Gasteiger partial charge in [0.1, 0.15) is 6.10 Å². The molecule has 1 rings (SSSR count). The van der Waals surface area contributed by atoms with Crippen LogP contribution in [-0.2, 0) is 9.47 Å². The van der Waals surface area contributed by atoms with Gasteiger partial charge in [0.2, 0.25) is 0 Å². The third-order valence-electron chi connectivity index (χ3n) is 2.11. The van der Waals surface area contributed by atoms with E-state index >= 15 is 0 Å². The van der Waals surface area contributed by atoms with E-state index in [-0.39, 0.29) is 19.1 Å². The van der Waals surface area contributed by atoms with Crippen LogP contribution < -0.4 is 0 Å². The topological polar surface area (TPSA) is 79.2 Å². The zero-order valence-electron chi connectivity index (χ0n) is 8.46. The smallest absolute Gasteiger partial charge is 0.186 e. The van der Waals surface area contributed by atoms with Crippen molar-refractivity contribution in [2.24, 2.45) is 0 Å². The fourth-order valence-electron chi connectivity index (χ4n) is 1.41. The monoisotopic (exact) mass is 206 g/mol. The van der Waals surface area contributed by atoms with E-state index in [4.69, 9.17) is 14.6 Å². The molecular weight excluding hydrogens is 188 g/mol. The average molecular weight is 206 g/mol. The molecule has 0 saturated carbocycles. The van der Waals surface area contributed by atoms with Gasteiger partial charge in [-0.2, -0.15) is 0 Å². The molecule has 1 aliphatic rings. The molecule has 0 aromatic carbocycles. The Morgan fingerprint density at radius 1 is 1.43 bits per heavy atom. The molecule has 1 aliphatic heterocycles. The number of aliphatic hydroxyl groups is 3. The zero-order valence-corrected chi connectivity index (χ0v) is 8.46. The maximum absolute atomic E-state index is 9.52. The summed E-state index contributed by atoms with van der Waals surface area (Å²) in [5.41, 5.74) is 0. The molecule has 0 bridgehead atoms. The Morgan fingerprint density at radius 3 is 2.57 bits per heavy atom. The van der Waals surface area contributed by atoms with E-state index in [1.807, 2.05) is 13.8 Å². The van der Waals surface area contributed by atoms with Gasteiger partial charge in [-0.25, -0.2) is 0 Å². The molecule has 5 nitrogen and oxygen atoms in total. The second-order valence-corrected chi connectivity index (χ2v) is 3.79. The molecule has 1 fully saturated rings. The number of ether oxygens (including phenoxy) is 2. The number of hydrogen-bond donors (Lipinski definition) is 3. The van der Waals surface area contributed by atoms with Gasteiger partial charge in [-0.1, -0.05) is 0 Å². The third-order valence-corrected chi connectivity index (χ3v) is 2.11. The highest BCUT2D eigenvalue weighted by Crippen LogP contribution is 2.21. The second-order valence-electron chi connectivity index (χ2n) is 3.79. The molecule has 0 amide bonds. The molecule has 5 heteroatoms. The van der Waals surface area contributed by atoms with Crippen LogP contribution in [0.4, 0.5) is 0 Å². The third kappa shape index (κ3) is 2.90. The van der Waals surface area contributed by atoms with Gasteiger partial charge in [-0.15, -0.1) is 0 Å². The maximum atomic E-state index is 9.52. The molecule has 3 N–H and O–H groups in total. The molecule has 0 spiro atoms. The van der Waals surface area contributed by atoms with Gasteiger partial charge in [0, 0.05) is 6.42 Å². The lowest BCUT2D eigenvalue weighted by Crippen LogP contribution is -2.51. The SMILES string of the molecule is CC(C)OC1OC(CO)CC(O)C1O. The summed E-state index contributed by atoms with van der Waals surface area (Å²) in [7, 11) is 0. The fourth-order valence-corrected chi connectivity index (χ4v) is 1.41. The summed E-state index contributed by atoms with van der Waals surface area (Å²) in [5.74, 6) is 0. The van der Waals surface area contributed by atoms with E-state index < -0.39 is 24.6 Å². The molecule has 4 unspecified atom stereocenters. The maximum Gasteiger partial charge on any atom is 0.186 e. The van der Waals surface area contributed by atoms with Crippen molar-refractivity contribution in [1.82, 2.24) is 0 Å². The lowest BCUT2D eigenvalue weighted by atomic mass is 10.0. The van der Waals surface area contributed by atoms with Crippen molar-refractivity contribution in [3.63, 3.8) is 0 Å². The van der Waals surface area contributed by atoms with Crippen LogP contribution in [0.1, 0.15) is 20.3 Å². The Balaban J connectivity index is 2.53. The number of rotatable bonds is 3. The van der Waals surface area contributed by atoms with Gasteiger partial charge in [0.15, 0.2) is 6.29 Å².